The van der Waals surface area contributed by atoms with Crippen LogP contribution in [0.4, 0.5) is 0 Å². The SMILES string of the molecule is CC(C)C(N)=O.CC1=CC(=O)CC(C)(C)C1.Cc1ccccc1. The third-order valence-electron chi connectivity index (χ3n) is 3.33. The minimum Gasteiger partial charge on any atom is -0.369 e. The van der Waals surface area contributed by atoms with E-state index in [1.54, 1.807) is 19.9 Å². The minimum absolute atomic E-state index is 0.00926. The molecule has 1 aromatic rings. The zero-order valence-electron chi connectivity index (χ0n) is 15.3. The Bertz CT molecular complexity index is 528. The van der Waals surface area contributed by atoms with Gasteiger partial charge in [0.2, 0.25) is 5.91 Å². The van der Waals surface area contributed by atoms with Crippen molar-refractivity contribution >= 4 is 11.7 Å². The Morgan fingerprint density at radius 3 is 1.83 bits per heavy atom. The second-order valence-corrected chi connectivity index (χ2v) is 7.19. The molecule has 23 heavy (non-hydrogen) atoms. The van der Waals surface area contributed by atoms with Crippen LogP contribution in [0.2, 0.25) is 0 Å². The minimum atomic E-state index is -0.241. The van der Waals surface area contributed by atoms with Gasteiger partial charge >= 0.3 is 0 Å². The first kappa shape index (κ1) is 21.1. The molecule has 0 saturated carbocycles. The fourth-order valence-corrected chi connectivity index (χ4v) is 2.20. The van der Waals surface area contributed by atoms with Crippen LogP contribution >= 0.6 is 0 Å². The Morgan fingerprint density at radius 1 is 1.09 bits per heavy atom. The van der Waals surface area contributed by atoms with Gasteiger partial charge in [0.05, 0.1) is 0 Å². The summed E-state index contributed by atoms with van der Waals surface area (Å²) >= 11 is 0. The molecule has 0 unspecified atom stereocenters. The lowest BCUT2D eigenvalue weighted by Crippen LogP contribution is -2.20. The average Bonchev–Trinajstić information content (AvgIpc) is 2.37. The van der Waals surface area contributed by atoms with E-state index in [2.05, 4.69) is 32.9 Å². The van der Waals surface area contributed by atoms with Crippen LogP contribution < -0.4 is 5.73 Å². The largest absolute Gasteiger partial charge is 0.369 e. The smallest absolute Gasteiger partial charge is 0.219 e. The zero-order valence-corrected chi connectivity index (χ0v) is 15.3. The van der Waals surface area contributed by atoms with Gasteiger partial charge in [0.15, 0.2) is 5.78 Å². The third kappa shape index (κ3) is 11.3. The quantitative estimate of drug-likeness (QED) is 0.832. The Hall–Kier alpha value is -1.90. The van der Waals surface area contributed by atoms with Crippen molar-refractivity contribution in [3.63, 3.8) is 0 Å². The van der Waals surface area contributed by atoms with Gasteiger partial charge in [-0.05, 0) is 31.8 Å². The van der Waals surface area contributed by atoms with E-state index in [9.17, 15) is 9.59 Å². The van der Waals surface area contributed by atoms with E-state index >= 15 is 0 Å². The maximum atomic E-state index is 11.0. The summed E-state index contributed by atoms with van der Waals surface area (Å²) in [4.78, 5) is 20.9. The average molecular weight is 317 g/mol. The molecule has 2 rings (SSSR count). The van der Waals surface area contributed by atoms with Crippen LogP contribution in [0.15, 0.2) is 42.0 Å². The molecule has 1 amide bonds. The van der Waals surface area contributed by atoms with Gasteiger partial charge in [-0.1, -0.05) is 69.2 Å². The van der Waals surface area contributed by atoms with E-state index in [0.29, 0.717) is 6.42 Å². The molecular formula is C20H31NO2. The van der Waals surface area contributed by atoms with Crippen LogP contribution in [0.5, 0.6) is 0 Å². The van der Waals surface area contributed by atoms with Gasteiger partial charge in [0.1, 0.15) is 0 Å². The van der Waals surface area contributed by atoms with E-state index in [1.165, 1.54) is 11.1 Å². The molecule has 0 saturated heterocycles. The number of carbonyl (C=O) groups is 2. The summed E-state index contributed by atoms with van der Waals surface area (Å²) < 4.78 is 0. The highest BCUT2D eigenvalue weighted by atomic mass is 16.1. The van der Waals surface area contributed by atoms with Gasteiger partial charge in [-0.15, -0.1) is 0 Å². The monoisotopic (exact) mass is 317 g/mol. The lowest BCUT2D eigenvalue weighted by atomic mass is 9.77. The van der Waals surface area contributed by atoms with Gasteiger partial charge in [0, 0.05) is 12.3 Å². The number of aryl methyl sites for hydroxylation is 1. The van der Waals surface area contributed by atoms with Gasteiger partial charge in [-0.3, -0.25) is 9.59 Å². The lowest BCUT2D eigenvalue weighted by Gasteiger charge is -2.27. The fraction of sp³-hybridized carbons (Fsp3) is 0.500. The molecule has 0 bridgehead atoms. The summed E-state index contributed by atoms with van der Waals surface area (Å²) in [5.74, 6) is 0.0359. The van der Waals surface area contributed by atoms with Crippen molar-refractivity contribution < 1.29 is 9.59 Å². The maximum absolute atomic E-state index is 11.0. The summed E-state index contributed by atoms with van der Waals surface area (Å²) in [6, 6.07) is 10.3. The molecule has 0 spiro atoms. The molecule has 3 heteroatoms. The Morgan fingerprint density at radius 2 is 1.57 bits per heavy atom. The van der Waals surface area contributed by atoms with Crippen LogP contribution in [-0.2, 0) is 9.59 Å². The normalized spacial score (nSPS) is 15.6. The van der Waals surface area contributed by atoms with Crippen molar-refractivity contribution in [1.82, 2.24) is 0 Å². The van der Waals surface area contributed by atoms with E-state index < -0.39 is 0 Å². The number of hydrogen-bond donors (Lipinski definition) is 1. The molecule has 0 radical (unpaired) electrons. The van der Waals surface area contributed by atoms with Crippen molar-refractivity contribution in [2.45, 2.75) is 54.4 Å². The zero-order chi connectivity index (χ0) is 18.0. The van der Waals surface area contributed by atoms with Gasteiger partial charge in [-0.25, -0.2) is 0 Å². The molecule has 0 heterocycles. The van der Waals surface area contributed by atoms with E-state index in [4.69, 9.17) is 5.73 Å². The van der Waals surface area contributed by atoms with Crippen LogP contribution in [0, 0.1) is 18.3 Å². The first-order valence-electron chi connectivity index (χ1n) is 8.04. The van der Waals surface area contributed by atoms with Crippen molar-refractivity contribution in [2.24, 2.45) is 17.1 Å². The topological polar surface area (TPSA) is 60.2 Å². The molecule has 1 aliphatic rings. The van der Waals surface area contributed by atoms with Crippen LogP contribution in [0.25, 0.3) is 0 Å². The fourth-order valence-electron chi connectivity index (χ4n) is 2.20. The highest BCUT2D eigenvalue weighted by Gasteiger charge is 2.25. The number of hydrogen-bond acceptors (Lipinski definition) is 2. The molecule has 0 aliphatic heterocycles. The summed E-state index contributed by atoms with van der Waals surface area (Å²) in [7, 11) is 0. The van der Waals surface area contributed by atoms with Crippen molar-refractivity contribution in [3.8, 4) is 0 Å². The number of benzene rings is 1. The van der Waals surface area contributed by atoms with Crippen molar-refractivity contribution in [2.75, 3.05) is 0 Å². The van der Waals surface area contributed by atoms with Crippen LogP contribution in [0.3, 0.4) is 0 Å². The number of allylic oxidation sites excluding steroid dienone is 2. The molecule has 3 nitrogen and oxygen atoms in total. The molecule has 0 atom stereocenters. The Balaban J connectivity index is 0.000000330. The number of ketones is 1. The first-order chi connectivity index (χ1) is 10.5. The van der Waals surface area contributed by atoms with Crippen molar-refractivity contribution in [3.05, 3.63) is 47.5 Å². The number of carbonyl (C=O) groups excluding carboxylic acids is 2. The Labute approximate surface area is 141 Å². The number of primary amides is 1. The van der Waals surface area contributed by atoms with E-state index in [1.807, 2.05) is 25.1 Å². The summed E-state index contributed by atoms with van der Waals surface area (Å²) in [6.07, 6.45) is 3.55. The second kappa shape index (κ2) is 9.98. The van der Waals surface area contributed by atoms with Crippen molar-refractivity contribution in [1.29, 1.82) is 0 Å². The first-order valence-corrected chi connectivity index (χ1v) is 8.04. The van der Waals surface area contributed by atoms with Gasteiger partial charge < -0.3 is 5.73 Å². The lowest BCUT2D eigenvalue weighted by molar-refractivity contribution is -0.120. The maximum Gasteiger partial charge on any atom is 0.219 e. The molecule has 1 aliphatic carbocycles. The number of rotatable bonds is 1. The van der Waals surface area contributed by atoms with Gasteiger partial charge in [0.25, 0.3) is 0 Å². The summed E-state index contributed by atoms with van der Waals surface area (Å²) in [5, 5.41) is 0. The number of nitrogens with two attached hydrogens (primary N) is 1. The molecule has 128 valence electrons. The molecule has 0 aromatic heterocycles. The predicted molar refractivity (Wildman–Crippen MR) is 97.0 cm³/mol. The van der Waals surface area contributed by atoms with Gasteiger partial charge in [-0.2, -0.15) is 0 Å². The highest BCUT2D eigenvalue weighted by molar-refractivity contribution is 5.91. The second-order valence-electron chi connectivity index (χ2n) is 7.19. The summed E-state index contributed by atoms with van der Waals surface area (Å²) in [5.41, 5.74) is 7.55. The van der Waals surface area contributed by atoms with Crippen LogP contribution in [-0.4, -0.2) is 11.7 Å². The third-order valence-corrected chi connectivity index (χ3v) is 3.33. The number of amides is 1. The molecular weight excluding hydrogens is 286 g/mol. The highest BCUT2D eigenvalue weighted by Crippen LogP contribution is 2.32. The predicted octanol–water partition coefficient (Wildman–Crippen LogP) is 4.44. The standard InChI is InChI=1S/C9H14O.C7H8.C4H9NO/c1-7-4-8(10)6-9(2,3)5-7;1-7-5-3-2-4-6-7;1-3(2)4(5)6/h4H,5-6H2,1-3H3;2-6H,1H3;3H,1-2H3,(H2,5,6). The molecule has 1 aromatic carbocycles. The van der Waals surface area contributed by atoms with E-state index in [0.717, 1.165) is 6.42 Å². The van der Waals surface area contributed by atoms with Crippen LogP contribution in [0.1, 0.15) is 53.0 Å². The summed E-state index contributed by atoms with van der Waals surface area (Å²) in [6.45, 7) is 11.9. The Kier molecular flexibility index (Phi) is 9.16. The van der Waals surface area contributed by atoms with E-state index in [-0.39, 0.29) is 23.0 Å². The molecule has 2 N–H and O–H groups in total. The molecule has 0 fully saturated rings.